The maximum atomic E-state index is 12.2. The first-order valence-electron chi connectivity index (χ1n) is 8.93. The molecule has 2 aliphatic heterocycles. The third-order valence-electron chi connectivity index (χ3n) is 4.81. The summed E-state index contributed by atoms with van der Waals surface area (Å²) in [7, 11) is 1.44. The minimum absolute atomic E-state index is 0.122. The van der Waals surface area contributed by atoms with Gasteiger partial charge in [0.1, 0.15) is 0 Å². The van der Waals surface area contributed by atoms with Crippen LogP contribution < -0.4 is 5.32 Å². The Morgan fingerprint density at radius 1 is 1.30 bits per heavy atom. The number of esters is 1. The Morgan fingerprint density at radius 3 is 2.87 bits per heavy atom. The minimum atomic E-state index is -0.128. The predicted octanol–water partition coefficient (Wildman–Crippen LogP) is 3.18. The summed E-state index contributed by atoms with van der Waals surface area (Å²) in [6.45, 7) is 3.09. The lowest BCUT2D eigenvalue weighted by Gasteiger charge is -2.27. The van der Waals surface area contributed by atoms with Crippen LogP contribution in [0.4, 0.5) is 4.79 Å². The number of nitrogens with zero attached hydrogens (tertiary/aromatic N) is 1. The Morgan fingerprint density at radius 2 is 2.13 bits per heavy atom. The molecule has 0 bridgehead atoms. The zero-order valence-corrected chi connectivity index (χ0v) is 15.2. The van der Waals surface area contributed by atoms with E-state index in [4.69, 9.17) is 0 Å². The van der Waals surface area contributed by atoms with Crippen LogP contribution in [-0.4, -0.2) is 53.6 Å². The number of rotatable bonds is 10. The second kappa shape index (κ2) is 9.40. The number of hydrogen-bond acceptors (Lipinski definition) is 4. The van der Waals surface area contributed by atoms with Gasteiger partial charge in [0.2, 0.25) is 0 Å². The summed E-state index contributed by atoms with van der Waals surface area (Å²) in [5.74, 6) is 0.890. The van der Waals surface area contributed by atoms with Crippen molar-refractivity contribution in [1.82, 2.24) is 10.2 Å². The normalized spacial score (nSPS) is 26.3. The highest BCUT2D eigenvalue weighted by Gasteiger charge is 2.47. The van der Waals surface area contributed by atoms with Crippen molar-refractivity contribution in [3.63, 3.8) is 0 Å². The Kier molecular flexibility index (Phi) is 7.53. The van der Waals surface area contributed by atoms with Crippen LogP contribution in [0.1, 0.15) is 58.3 Å². The number of nitrogens with one attached hydrogen (secondary N) is 1. The summed E-state index contributed by atoms with van der Waals surface area (Å²) in [5, 5.41) is 3.65. The number of ether oxygens (including phenoxy) is 1. The van der Waals surface area contributed by atoms with E-state index in [2.05, 4.69) is 21.9 Å². The lowest BCUT2D eigenvalue weighted by molar-refractivity contribution is -0.140. The molecule has 2 amide bonds. The molecular formula is C17H30N2O3S. The first kappa shape index (κ1) is 18.4. The van der Waals surface area contributed by atoms with Crippen molar-refractivity contribution in [2.45, 2.75) is 75.6 Å². The second-order valence-electron chi connectivity index (χ2n) is 6.49. The van der Waals surface area contributed by atoms with E-state index in [9.17, 15) is 9.59 Å². The highest BCUT2D eigenvalue weighted by Crippen LogP contribution is 2.37. The molecule has 0 aromatic heterocycles. The zero-order valence-electron chi connectivity index (χ0n) is 14.4. The quantitative estimate of drug-likeness (QED) is 0.376. The highest BCUT2D eigenvalue weighted by molar-refractivity contribution is 8.00. The number of fused-ring (bicyclic) bond motifs is 1. The maximum absolute atomic E-state index is 12.2. The van der Waals surface area contributed by atoms with E-state index in [1.165, 1.54) is 26.4 Å². The van der Waals surface area contributed by atoms with E-state index in [1.807, 2.05) is 11.8 Å². The number of unbranched alkanes of at least 4 members (excludes halogenated alkanes) is 4. The highest BCUT2D eigenvalue weighted by atomic mass is 32.2. The molecule has 132 valence electrons. The summed E-state index contributed by atoms with van der Waals surface area (Å²) in [6, 6.07) is 0.771. The molecule has 0 aromatic carbocycles. The number of carbonyl (C=O) groups excluding carboxylic acids is 2. The molecule has 2 aliphatic rings. The van der Waals surface area contributed by atoms with E-state index in [-0.39, 0.29) is 12.0 Å². The number of thioether (sulfide) groups is 1. The fourth-order valence-corrected chi connectivity index (χ4v) is 5.14. The molecule has 0 radical (unpaired) electrons. The minimum Gasteiger partial charge on any atom is -0.469 e. The molecule has 6 heteroatoms. The number of carbonyl (C=O) groups is 2. The lowest BCUT2D eigenvalue weighted by Crippen LogP contribution is -2.41. The molecule has 0 spiro atoms. The smallest absolute Gasteiger partial charge is 0.318 e. The summed E-state index contributed by atoms with van der Waals surface area (Å²) in [6.07, 6.45) is 8.24. The first-order valence-corrected chi connectivity index (χ1v) is 9.97. The summed E-state index contributed by atoms with van der Waals surface area (Å²) in [5.41, 5.74) is 0. The predicted molar refractivity (Wildman–Crippen MR) is 93.7 cm³/mol. The fraction of sp³-hybridized carbons (Fsp3) is 0.882. The van der Waals surface area contributed by atoms with Gasteiger partial charge in [0.25, 0.3) is 0 Å². The van der Waals surface area contributed by atoms with E-state index in [0.29, 0.717) is 23.8 Å². The van der Waals surface area contributed by atoms with Crippen LogP contribution in [0.15, 0.2) is 0 Å². The van der Waals surface area contributed by atoms with E-state index in [0.717, 1.165) is 38.0 Å². The number of hydrogen-bond donors (Lipinski definition) is 1. The molecule has 3 atom stereocenters. The van der Waals surface area contributed by atoms with Gasteiger partial charge in [-0.2, -0.15) is 11.8 Å². The Hall–Kier alpha value is -0.910. The first-order chi connectivity index (χ1) is 11.2. The molecule has 1 N–H and O–H groups in total. The molecule has 23 heavy (non-hydrogen) atoms. The van der Waals surface area contributed by atoms with Gasteiger partial charge in [0.05, 0.1) is 19.2 Å². The molecule has 2 saturated heterocycles. The average Bonchev–Trinajstić information content (AvgIpc) is 3.07. The number of amides is 2. The zero-order chi connectivity index (χ0) is 16.7. The van der Waals surface area contributed by atoms with Crippen LogP contribution in [0.5, 0.6) is 0 Å². The van der Waals surface area contributed by atoms with Gasteiger partial charge in [-0.1, -0.05) is 32.6 Å². The van der Waals surface area contributed by atoms with Crippen molar-refractivity contribution in [3.05, 3.63) is 0 Å². The van der Waals surface area contributed by atoms with Crippen LogP contribution in [-0.2, 0) is 9.53 Å². The van der Waals surface area contributed by atoms with Crippen molar-refractivity contribution in [3.8, 4) is 0 Å². The largest absolute Gasteiger partial charge is 0.469 e. The third-order valence-corrected chi connectivity index (χ3v) is 6.31. The number of methoxy groups -OCH3 is 1. The van der Waals surface area contributed by atoms with Gasteiger partial charge in [-0.3, -0.25) is 4.79 Å². The van der Waals surface area contributed by atoms with Gasteiger partial charge >= 0.3 is 12.0 Å². The Balaban J connectivity index is 1.77. The molecule has 2 rings (SSSR count). The second-order valence-corrected chi connectivity index (χ2v) is 7.77. The third kappa shape index (κ3) is 5.03. The summed E-state index contributed by atoms with van der Waals surface area (Å²) in [4.78, 5) is 25.4. The molecule has 2 heterocycles. The SMILES string of the molecule is CCCCCCN1C(=O)NC2CSC(CCCCC(=O)OC)C21. The van der Waals surface area contributed by atoms with E-state index < -0.39 is 0 Å². The fourth-order valence-electron chi connectivity index (χ4n) is 3.54. The van der Waals surface area contributed by atoms with Crippen molar-refractivity contribution in [2.24, 2.45) is 0 Å². The average molecular weight is 343 g/mol. The molecule has 0 aromatic rings. The maximum Gasteiger partial charge on any atom is 0.318 e. The molecular weight excluding hydrogens is 312 g/mol. The van der Waals surface area contributed by atoms with Gasteiger partial charge < -0.3 is 15.0 Å². The standard InChI is InChI=1S/C17H30N2O3S/c1-3-4-5-8-11-19-16-13(18-17(19)21)12-23-14(16)9-6-7-10-15(20)22-2/h13-14,16H,3-12H2,1-2H3,(H,18,21). The van der Waals surface area contributed by atoms with Gasteiger partial charge in [0, 0.05) is 24.0 Å². The molecule has 3 unspecified atom stereocenters. The molecule has 0 saturated carbocycles. The summed E-state index contributed by atoms with van der Waals surface area (Å²) >= 11 is 1.98. The van der Waals surface area contributed by atoms with Crippen molar-refractivity contribution in [2.75, 3.05) is 19.4 Å². The van der Waals surface area contributed by atoms with E-state index >= 15 is 0 Å². The lowest BCUT2D eigenvalue weighted by atomic mass is 10.0. The van der Waals surface area contributed by atoms with Crippen molar-refractivity contribution < 1.29 is 14.3 Å². The summed E-state index contributed by atoms with van der Waals surface area (Å²) < 4.78 is 4.68. The van der Waals surface area contributed by atoms with Gasteiger partial charge in [0.15, 0.2) is 0 Å². The molecule has 0 aliphatic carbocycles. The van der Waals surface area contributed by atoms with E-state index in [1.54, 1.807) is 0 Å². The van der Waals surface area contributed by atoms with Gasteiger partial charge in [-0.05, 0) is 19.3 Å². The van der Waals surface area contributed by atoms with Gasteiger partial charge in [-0.25, -0.2) is 4.79 Å². The Labute approximate surface area is 143 Å². The monoisotopic (exact) mass is 342 g/mol. The van der Waals surface area contributed by atoms with Crippen LogP contribution in [0.3, 0.4) is 0 Å². The number of urea groups is 1. The molecule has 5 nitrogen and oxygen atoms in total. The van der Waals surface area contributed by atoms with Crippen molar-refractivity contribution >= 4 is 23.8 Å². The van der Waals surface area contributed by atoms with Crippen LogP contribution >= 0.6 is 11.8 Å². The van der Waals surface area contributed by atoms with Gasteiger partial charge in [-0.15, -0.1) is 0 Å². The van der Waals surface area contributed by atoms with Crippen molar-refractivity contribution in [1.29, 1.82) is 0 Å². The van der Waals surface area contributed by atoms with Crippen LogP contribution in [0.2, 0.25) is 0 Å². The molecule has 2 fully saturated rings. The Bertz CT molecular complexity index is 405. The van der Waals surface area contributed by atoms with Crippen LogP contribution in [0, 0.1) is 0 Å². The topological polar surface area (TPSA) is 58.6 Å². The van der Waals surface area contributed by atoms with Crippen LogP contribution in [0.25, 0.3) is 0 Å².